The van der Waals surface area contributed by atoms with Gasteiger partial charge in [-0.05, 0) is 31.4 Å². The summed E-state index contributed by atoms with van der Waals surface area (Å²) in [5.41, 5.74) is 5.64. The van der Waals surface area contributed by atoms with E-state index in [1.165, 1.54) is 18.2 Å². The van der Waals surface area contributed by atoms with E-state index in [2.05, 4.69) is 5.32 Å². The van der Waals surface area contributed by atoms with Crippen molar-refractivity contribution in [1.82, 2.24) is 0 Å². The first-order valence-corrected chi connectivity index (χ1v) is 6.51. The van der Waals surface area contributed by atoms with Crippen molar-refractivity contribution in [3.63, 3.8) is 0 Å². The molecule has 1 aromatic rings. The fourth-order valence-electron chi connectivity index (χ4n) is 2.18. The molecule has 1 atom stereocenters. The first kappa shape index (κ1) is 14.3. The fourth-order valence-corrected chi connectivity index (χ4v) is 2.18. The first-order chi connectivity index (χ1) is 9.58. The Bertz CT molecular complexity index is 512. The van der Waals surface area contributed by atoms with E-state index in [1.54, 1.807) is 0 Å². The number of carbonyl (C=O) groups is 1. The van der Waals surface area contributed by atoms with Gasteiger partial charge in [-0.1, -0.05) is 0 Å². The summed E-state index contributed by atoms with van der Waals surface area (Å²) in [7, 11) is 0. The minimum atomic E-state index is -0.614. The van der Waals surface area contributed by atoms with Gasteiger partial charge in [0.25, 0.3) is 5.69 Å². The molecule has 1 amide bonds. The average molecular weight is 279 g/mol. The summed E-state index contributed by atoms with van der Waals surface area (Å²) in [6.07, 6.45) is 3.11. The third-order valence-electron chi connectivity index (χ3n) is 3.27. The van der Waals surface area contributed by atoms with Crippen molar-refractivity contribution in [2.24, 2.45) is 5.73 Å². The number of benzene rings is 1. The number of nitro groups is 1. The van der Waals surface area contributed by atoms with Crippen LogP contribution < -0.4 is 11.1 Å². The van der Waals surface area contributed by atoms with Crippen LogP contribution in [0, 0.1) is 10.1 Å². The number of nitrogens with zero attached hydrogens (tertiary/aromatic N) is 1. The SMILES string of the molecule is NC(=O)c1ccc([N+](=O)[O-])c(NCC2CCCCO2)c1. The van der Waals surface area contributed by atoms with E-state index in [0.717, 1.165) is 25.9 Å². The standard InChI is InChI=1S/C13H17N3O4/c14-13(17)9-4-5-12(16(18)19)11(7-9)15-8-10-3-1-2-6-20-10/h4-5,7,10,15H,1-3,6,8H2,(H2,14,17). The first-order valence-electron chi connectivity index (χ1n) is 6.51. The second-order valence-corrected chi connectivity index (χ2v) is 4.72. The van der Waals surface area contributed by atoms with Gasteiger partial charge in [0.05, 0.1) is 11.0 Å². The predicted molar refractivity (Wildman–Crippen MR) is 73.7 cm³/mol. The topological polar surface area (TPSA) is 107 Å². The number of rotatable bonds is 5. The lowest BCUT2D eigenvalue weighted by Crippen LogP contribution is -2.27. The van der Waals surface area contributed by atoms with E-state index in [0.29, 0.717) is 12.2 Å². The van der Waals surface area contributed by atoms with Crippen LogP contribution >= 0.6 is 0 Å². The fraction of sp³-hybridized carbons (Fsp3) is 0.462. The Kier molecular flexibility index (Phi) is 4.52. The number of hydrogen-bond acceptors (Lipinski definition) is 5. The van der Waals surface area contributed by atoms with Crippen LogP contribution in [0.15, 0.2) is 18.2 Å². The number of nitro benzene ring substituents is 1. The molecule has 1 unspecified atom stereocenters. The van der Waals surface area contributed by atoms with E-state index in [9.17, 15) is 14.9 Å². The predicted octanol–water partition coefficient (Wildman–Crippen LogP) is 1.67. The highest BCUT2D eigenvalue weighted by Crippen LogP contribution is 2.26. The molecule has 1 saturated heterocycles. The molecule has 20 heavy (non-hydrogen) atoms. The Morgan fingerprint density at radius 1 is 1.50 bits per heavy atom. The van der Waals surface area contributed by atoms with Gasteiger partial charge in [0.1, 0.15) is 5.69 Å². The molecule has 0 saturated carbocycles. The van der Waals surface area contributed by atoms with E-state index >= 15 is 0 Å². The summed E-state index contributed by atoms with van der Waals surface area (Å²) in [6.45, 7) is 1.19. The van der Waals surface area contributed by atoms with Crippen LogP contribution in [0.2, 0.25) is 0 Å². The maximum absolute atomic E-state index is 11.1. The Labute approximate surface area is 116 Å². The van der Waals surface area contributed by atoms with Crippen molar-refractivity contribution < 1.29 is 14.5 Å². The number of ether oxygens (including phenoxy) is 1. The molecule has 3 N–H and O–H groups in total. The number of primary amides is 1. The summed E-state index contributed by atoms with van der Waals surface area (Å²) in [4.78, 5) is 21.6. The maximum atomic E-state index is 11.1. The van der Waals surface area contributed by atoms with E-state index in [4.69, 9.17) is 10.5 Å². The zero-order valence-electron chi connectivity index (χ0n) is 11.0. The lowest BCUT2D eigenvalue weighted by atomic mass is 10.1. The quantitative estimate of drug-likeness (QED) is 0.629. The zero-order chi connectivity index (χ0) is 14.5. The molecule has 1 aliphatic heterocycles. The van der Waals surface area contributed by atoms with Crippen LogP contribution in [0.4, 0.5) is 11.4 Å². The van der Waals surface area contributed by atoms with Crippen LogP contribution in [-0.2, 0) is 4.74 Å². The Hall–Kier alpha value is -2.15. The van der Waals surface area contributed by atoms with Crippen molar-refractivity contribution in [2.75, 3.05) is 18.5 Å². The van der Waals surface area contributed by atoms with Crippen molar-refractivity contribution in [3.05, 3.63) is 33.9 Å². The summed E-state index contributed by atoms with van der Waals surface area (Å²) in [5, 5.41) is 14.0. The minimum absolute atomic E-state index is 0.0422. The van der Waals surface area contributed by atoms with Gasteiger partial charge in [0, 0.05) is 24.8 Å². The van der Waals surface area contributed by atoms with E-state index < -0.39 is 10.8 Å². The van der Waals surface area contributed by atoms with Gasteiger partial charge in [0.2, 0.25) is 5.91 Å². The smallest absolute Gasteiger partial charge is 0.292 e. The van der Waals surface area contributed by atoms with E-state index in [1.807, 2.05) is 0 Å². The molecule has 7 heteroatoms. The third kappa shape index (κ3) is 3.45. The van der Waals surface area contributed by atoms with Gasteiger partial charge >= 0.3 is 0 Å². The van der Waals surface area contributed by atoms with Gasteiger partial charge < -0.3 is 15.8 Å². The van der Waals surface area contributed by atoms with Crippen molar-refractivity contribution >= 4 is 17.3 Å². The summed E-state index contributed by atoms with van der Waals surface area (Å²) in [5.74, 6) is -0.614. The highest BCUT2D eigenvalue weighted by Gasteiger charge is 2.18. The largest absolute Gasteiger partial charge is 0.377 e. The Morgan fingerprint density at radius 2 is 2.30 bits per heavy atom. The average Bonchev–Trinajstić information content (AvgIpc) is 2.45. The lowest BCUT2D eigenvalue weighted by molar-refractivity contribution is -0.384. The number of hydrogen-bond donors (Lipinski definition) is 2. The number of carbonyl (C=O) groups excluding carboxylic acids is 1. The number of nitrogens with two attached hydrogens (primary N) is 1. The van der Waals surface area contributed by atoms with Crippen molar-refractivity contribution in [3.8, 4) is 0 Å². The second-order valence-electron chi connectivity index (χ2n) is 4.72. The lowest BCUT2D eigenvalue weighted by Gasteiger charge is -2.23. The van der Waals surface area contributed by atoms with E-state index in [-0.39, 0.29) is 17.4 Å². The summed E-state index contributed by atoms with van der Waals surface area (Å²) >= 11 is 0. The Morgan fingerprint density at radius 3 is 2.90 bits per heavy atom. The molecule has 1 aliphatic rings. The van der Waals surface area contributed by atoms with Crippen LogP contribution in [-0.4, -0.2) is 30.1 Å². The molecule has 7 nitrogen and oxygen atoms in total. The summed E-state index contributed by atoms with van der Waals surface area (Å²) in [6, 6.07) is 4.04. The molecule has 0 aliphatic carbocycles. The molecule has 1 aromatic carbocycles. The summed E-state index contributed by atoms with van der Waals surface area (Å²) < 4.78 is 5.55. The molecular formula is C13H17N3O4. The van der Waals surface area contributed by atoms with Crippen LogP contribution in [0.25, 0.3) is 0 Å². The molecular weight excluding hydrogens is 262 g/mol. The molecule has 1 fully saturated rings. The molecule has 0 bridgehead atoms. The molecule has 0 radical (unpaired) electrons. The minimum Gasteiger partial charge on any atom is -0.377 e. The monoisotopic (exact) mass is 279 g/mol. The van der Waals surface area contributed by atoms with Crippen LogP contribution in [0.5, 0.6) is 0 Å². The highest BCUT2D eigenvalue weighted by atomic mass is 16.6. The van der Waals surface area contributed by atoms with Gasteiger partial charge in [-0.3, -0.25) is 14.9 Å². The molecule has 0 spiro atoms. The van der Waals surface area contributed by atoms with Crippen molar-refractivity contribution in [2.45, 2.75) is 25.4 Å². The zero-order valence-corrected chi connectivity index (χ0v) is 11.0. The van der Waals surface area contributed by atoms with Crippen LogP contribution in [0.3, 0.4) is 0 Å². The molecule has 1 heterocycles. The van der Waals surface area contributed by atoms with Gasteiger partial charge in [-0.2, -0.15) is 0 Å². The van der Waals surface area contributed by atoms with Gasteiger partial charge in [0.15, 0.2) is 0 Å². The molecule has 108 valence electrons. The normalized spacial score (nSPS) is 18.5. The van der Waals surface area contributed by atoms with Crippen molar-refractivity contribution in [1.29, 1.82) is 0 Å². The molecule has 2 rings (SSSR count). The van der Waals surface area contributed by atoms with Gasteiger partial charge in [-0.15, -0.1) is 0 Å². The second kappa shape index (κ2) is 6.33. The number of nitrogens with one attached hydrogen (secondary N) is 1. The highest BCUT2D eigenvalue weighted by molar-refractivity contribution is 5.94. The third-order valence-corrected chi connectivity index (χ3v) is 3.27. The number of amides is 1. The van der Waals surface area contributed by atoms with Crippen LogP contribution in [0.1, 0.15) is 29.6 Å². The Balaban J connectivity index is 2.12. The molecule has 0 aromatic heterocycles. The van der Waals surface area contributed by atoms with Gasteiger partial charge in [-0.25, -0.2) is 0 Å². The number of anilines is 1. The maximum Gasteiger partial charge on any atom is 0.292 e.